The molecule has 6 heterocycles. The van der Waals surface area contributed by atoms with Crippen LogP contribution in [0.15, 0.2) is 109 Å². The number of benzene rings is 3. The van der Waals surface area contributed by atoms with Gasteiger partial charge in [-0.3, -0.25) is 0 Å². The van der Waals surface area contributed by atoms with Gasteiger partial charge in [-0.25, -0.2) is 0 Å². The predicted octanol–water partition coefficient (Wildman–Crippen LogP) is 11.7. The Morgan fingerprint density at radius 3 is 1.26 bits per heavy atom. The summed E-state index contributed by atoms with van der Waals surface area (Å²) >= 11 is 10.1. The van der Waals surface area contributed by atoms with Gasteiger partial charge >= 0.3 is 0 Å². The molecule has 0 aliphatic carbocycles. The van der Waals surface area contributed by atoms with E-state index in [2.05, 4.69) is 111 Å². The Morgan fingerprint density at radius 1 is 0.448 bits per heavy atom. The molecule has 0 spiro atoms. The average molecular weight is 851 g/mol. The molecule has 0 bridgehead atoms. The van der Waals surface area contributed by atoms with E-state index >= 15 is 0 Å². The van der Waals surface area contributed by atoms with Gasteiger partial charge in [0.15, 0.2) is 0 Å². The van der Waals surface area contributed by atoms with Gasteiger partial charge in [0, 0.05) is 69.6 Å². The van der Waals surface area contributed by atoms with Crippen molar-refractivity contribution < 1.29 is 0 Å². The molecule has 0 N–H and O–H groups in total. The van der Waals surface area contributed by atoms with Crippen LogP contribution < -0.4 is 18.1 Å². The van der Waals surface area contributed by atoms with Gasteiger partial charge in [-0.1, -0.05) is 48.5 Å². The number of hydrogen-bond donors (Lipinski definition) is 0. The molecule has 274 valence electrons. The first kappa shape index (κ1) is 37.4. The zero-order valence-corrected chi connectivity index (χ0v) is 35.7. The minimum Gasteiger partial charge on any atom is -0.192 e. The summed E-state index contributed by atoms with van der Waals surface area (Å²) in [5.41, 5.74) is 7.70. The number of nitrogens with zero attached hydrogens (tertiary/aromatic N) is 4. The summed E-state index contributed by atoms with van der Waals surface area (Å²) in [6.45, 7) is 4.39. The van der Waals surface area contributed by atoms with Crippen molar-refractivity contribution in [3.8, 4) is 66.0 Å². The van der Waals surface area contributed by atoms with E-state index in [4.69, 9.17) is 0 Å². The molecule has 6 aromatic heterocycles. The lowest BCUT2D eigenvalue weighted by molar-refractivity contribution is 1.47. The zero-order valence-electron chi connectivity index (χ0n) is 30.8. The molecule has 10 heteroatoms. The SMILES string of the molecule is Cc1ccccc1-c1c2cc(-c3ccc(/C=c4/ccc(=C(C#N)C#N)s4)s3)sc2c(-c2ccccc2C)c2cc(-c3ccc(/C=c4/ccc(=C(C#N)C#N)s4)s3)sc12. The van der Waals surface area contributed by atoms with Crippen LogP contribution in [0.25, 0.3) is 85.2 Å². The number of fused-ring (bicyclic) bond motifs is 2. The second kappa shape index (κ2) is 15.6. The highest BCUT2D eigenvalue weighted by Gasteiger charge is 2.24. The summed E-state index contributed by atoms with van der Waals surface area (Å²) in [6.07, 6.45) is 4.25. The maximum atomic E-state index is 9.34. The van der Waals surface area contributed by atoms with Gasteiger partial charge in [-0.15, -0.1) is 68.0 Å². The summed E-state index contributed by atoms with van der Waals surface area (Å²) in [7, 11) is 0. The summed E-state index contributed by atoms with van der Waals surface area (Å²) in [6, 6.07) is 46.5. The minimum absolute atomic E-state index is 0.137. The van der Waals surface area contributed by atoms with Crippen molar-refractivity contribution in [2.75, 3.05) is 0 Å². The van der Waals surface area contributed by atoms with Gasteiger partial charge in [0.2, 0.25) is 0 Å². The molecule has 0 aliphatic heterocycles. The van der Waals surface area contributed by atoms with Crippen molar-refractivity contribution in [1.82, 2.24) is 0 Å². The molecule has 4 nitrogen and oxygen atoms in total. The van der Waals surface area contributed by atoms with Crippen LogP contribution in [0.5, 0.6) is 0 Å². The Hall–Kier alpha value is -6.18. The van der Waals surface area contributed by atoms with Crippen LogP contribution in [-0.4, -0.2) is 0 Å². The Kier molecular flexibility index (Phi) is 10.1. The van der Waals surface area contributed by atoms with Gasteiger partial charge in [0.25, 0.3) is 0 Å². The van der Waals surface area contributed by atoms with Gasteiger partial charge in [0.1, 0.15) is 35.4 Å². The Bertz CT molecular complexity index is 3230. The van der Waals surface area contributed by atoms with Crippen molar-refractivity contribution in [2.24, 2.45) is 0 Å². The fraction of sp³-hybridized carbons (Fsp3) is 0.0417. The molecule has 0 fully saturated rings. The number of hydrogen-bond acceptors (Lipinski definition) is 10. The highest BCUT2D eigenvalue weighted by atomic mass is 32.1. The third-order valence-electron chi connectivity index (χ3n) is 9.79. The molecule has 0 amide bonds. The van der Waals surface area contributed by atoms with Crippen LogP contribution >= 0.6 is 68.0 Å². The first-order valence-corrected chi connectivity index (χ1v) is 22.8. The van der Waals surface area contributed by atoms with Crippen molar-refractivity contribution in [3.05, 3.63) is 148 Å². The van der Waals surface area contributed by atoms with E-state index in [1.54, 1.807) is 22.7 Å². The summed E-state index contributed by atoms with van der Waals surface area (Å²) in [4.78, 5) is 7.02. The van der Waals surface area contributed by atoms with E-state index in [0.717, 1.165) is 18.8 Å². The number of nitriles is 4. The quantitative estimate of drug-likeness (QED) is 0.166. The van der Waals surface area contributed by atoms with Crippen LogP contribution in [0, 0.1) is 59.2 Å². The minimum atomic E-state index is 0.137. The molecule has 0 saturated heterocycles. The topological polar surface area (TPSA) is 95.2 Å². The lowest BCUT2D eigenvalue weighted by Crippen LogP contribution is -1.96. The van der Waals surface area contributed by atoms with Gasteiger partial charge in [0.05, 0.1) is 9.06 Å². The standard InChI is InChI=1S/C48H26N4S6/c1-27-7-3-5-9-35(27)45-37-21-43(41-17-13-33(55-41)19-31-11-15-39(53-31)29(23-49)24-50)58-48(37)46(36-10-6-4-8-28(36)2)38-22-44(57-47(38)45)42-18-14-34(56-42)20-32-12-16-40(54-32)30(25-51)26-52/h3-22H,1-2H3/b31-19-,32-20-. The Balaban J connectivity index is 1.24. The summed E-state index contributed by atoms with van der Waals surface area (Å²) in [5.74, 6) is 0. The normalized spacial score (nSPS) is 11.8. The van der Waals surface area contributed by atoms with E-state index in [1.165, 1.54) is 95.7 Å². The largest absolute Gasteiger partial charge is 0.192 e. The Morgan fingerprint density at radius 2 is 0.862 bits per heavy atom. The number of aryl methyl sites for hydroxylation is 2. The maximum Gasteiger partial charge on any atom is 0.146 e. The Labute approximate surface area is 357 Å². The third-order valence-corrected chi connectivity index (χ3v) is 16.6. The number of thiophene rings is 6. The van der Waals surface area contributed by atoms with Gasteiger partial charge < -0.3 is 0 Å². The van der Waals surface area contributed by atoms with Crippen molar-refractivity contribution in [3.63, 3.8) is 0 Å². The van der Waals surface area contributed by atoms with Crippen LogP contribution in [0.4, 0.5) is 0 Å². The fourth-order valence-corrected chi connectivity index (χ4v) is 13.6. The highest BCUT2D eigenvalue weighted by Crippen LogP contribution is 2.53. The van der Waals surface area contributed by atoms with Gasteiger partial charge in [-0.05, 0) is 109 Å². The molecule has 0 unspecified atom stereocenters. The smallest absolute Gasteiger partial charge is 0.146 e. The number of rotatable bonds is 6. The second-order valence-electron chi connectivity index (χ2n) is 13.4. The lowest BCUT2D eigenvalue weighted by atomic mass is 9.90. The lowest BCUT2D eigenvalue weighted by Gasteiger charge is -2.15. The van der Waals surface area contributed by atoms with E-state index in [1.807, 2.05) is 71.2 Å². The first-order valence-electron chi connectivity index (χ1n) is 18.0. The summed E-state index contributed by atoms with van der Waals surface area (Å²) in [5, 5.41) is 39.9. The van der Waals surface area contributed by atoms with Crippen molar-refractivity contribution in [2.45, 2.75) is 13.8 Å². The third kappa shape index (κ3) is 6.83. The van der Waals surface area contributed by atoms with E-state index in [9.17, 15) is 21.0 Å². The first-order chi connectivity index (χ1) is 28.3. The van der Waals surface area contributed by atoms with Crippen LogP contribution in [0.3, 0.4) is 0 Å². The van der Waals surface area contributed by atoms with Crippen LogP contribution in [-0.2, 0) is 0 Å². The van der Waals surface area contributed by atoms with E-state index in [-0.39, 0.29) is 11.1 Å². The molecule has 0 radical (unpaired) electrons. The molecule has 3 aromatic carbocycles. The predicted molar refractivity (Wildman–Crippen MR) is 248 cm³/mol. The molecule has 0 saturated carbocycles. The molecular formula is C48H26N4S6. The van der Waals surface area contributed by atoms with E-state index < -0.39 is 0 Å². The molecule has 0 atom stereocenters. The second-order valence-corrected chi connectivity index (χ2v) is 19.9. The van der Waals surface area contributed by atoms with Gasteiger partial charge in [-0.2, -0.15) is 21.0 Å². The molecule has 9 aromatic rings. The highest BCUT2D eigenvalue weighted by molar-refractivity contribution is 7.28. The maximum absolute atomic E-state index is 9.34. The zero-order chi connectivity index (χ0) is 39.9. The fourth-order valence-electron chi connectivity index (χ4n) is 7.06. The molecule has 9 rings (SSSR count). The summed E-state index contributed by atoms with van der Waals surface area (Å²) < 4.78 is 5.90. The van der Waals surface area contributed by atoms with Crippen molar-refractivity contribution in [1.29, 1.82) is 21.0 Å². The van der Waals surface area contributed by atoms with Crippen molar-refractivity contribution >= 4 is 111 Å². The molecular weight excluding hydrogens is 825 g/mol. The average Bonchev–Trinajstić information content (AvgIpc) is 4.09. The van der Waals surface area contributed by atoms with Crippen LogP contribution in [0.2, 0.25) is 0 Å². The van der Waals surface area contributed by atoms with Crippen LogP contribution in [0.1, 0.15) is 20.9 Å². The molecule has 58 heavy (non-hydrogen) atoms. The van der Waals surface area contributed by atoms with E-state index in [0.29, 0.717) is 9.06 Å². The molecule has 0 aliphatic rings. The monoisotopic (exact) mass is 850 g/mol.